The summed E-state index contributed by atoms with van der Waals surface area (Å²) in [7, 11) is 0. The highest BCUT2D eigenvalue weighted by Gasteiger charge is 2.28. The number of amides is 1. The van der Waals surface area contributed by atoms with E-state index in [2.05, 4.69) is 54.4 Å². The molecule has 4 rings (SSSR count). The molecule has 1 aliphatic heterocycles. The van der Waals surface area contributed by atoms with E-state index in [-0.39, 0.29) is 11.9 Å². The number of hydrogen-bond acceptors (Lipinski definition) is 4. The van der Waals surface area contributed by atoms with Gasteiger partial charge in [-0.3, -0.25) is 9.69 Å². The predicted molar refractivity (Wildman–Crippen MR) is 119 cm³/mol. The van der Waals surface area contributed by atoms with Gasteiger partial charge in [-0.25, -0.2) is 0 Å². The standard InChI is InChI=1S/C24H28N2O2S/c1-3-19-16-20(24(29-19)25-23(27)21-8-7-15-28-21)22(26-13-5-4-6-14-26)18-11-9-17(2)10-12-18/h7-12,15-16,22H,3-6,13-14H2,1-2H3,(H,25,27)/t22-/m1/s1. The highest BCUT2D eigenvalue weighted by Crippen LogP contribution is 2.40. The summed E-state index contributed by atoms with van der Waals surface area (Å²) < 4.78 is 5.30. The fourth-order valence-electron chi connectivity index (χ4n) is 4.02. The third kappa shape index (κ3) is 4.46. The molecule has 1 saturated heterocycles. The van der Waals surface area contributed by atoms with Gasteiger partial charge in [-0.1, -0.05) is 43.2 Å². The van der Waals surface area contributed by atoms with Crippen molar-refractivity contribution >= 4 is 22.2 Å². The van der Waals surface area contributed by atoms with Gasteiger partial charge in [0.05, 0.1) is 12.3 Å². The zero-order chi connectivity index (χ0) is 20.2. The van der Waals surface area contributed by atoms with Gasteiger partial charge in [0.1, 0.15) is 5.00 Å². The van der Waals surface area contributed by atoms with Crippen molar-refractivity contribution in [2.45, 2.75) is 45.6 Å². The summed E-state index contributed by atoms with van der Waals surface area (Å²) in [5.41, 5.74) is 3.74. The Kier molecular flexibility index (Phi) is 6.16. The van der Waals surface area contributed by atoms with Crippen molar-refractivity contribution in [2.75, 3.05) is 18.4 Å². The molecule has 1 atom stereocenters. The number of nitrogens with one attached hydrogen (secondary N) is 1. The van der Waals surface area contributed by atoms with Crippen LogP contribution in [0.1, 0.15) is 64.4 Å². The van der Waals surface area contributed by atoms with E-state index in [1.165, 1.54) is 47.1 Å². The van der Waals surface area contributed by atoms with Gasteiger partial charge in [0.25, 0.3) is 5.91 Å². The Hall–Kier alpha value is -2.37. The quantitative estimate of drug-likeness (QED) is 0.541. The molecule has 0 radical (unpaired) electrons. The molecule has 4 nitrogen and oxygen atoms in total. The molecule has 2 aromatic heterocycles. The van der Waals surface area contributed by atoms with Crippen molar-refractivity contribution in [2.24, 2.45) is 0 Å². The minimum absolute atomic E-state index is 0.152. The highest BCUT2D eigenvalue weighted by molar-refractivity contribution is 7.16. The number of anilines is 1. The third-order valence-corrected chi connectivity index (χ3v) is 6.79. The van der Waals surface area contributed by atoms with E-state index in [1.807, 2.05) is 0 Å². The Morgan fingerprint density at radius 2 is 1.93 bits per heavy atom. The number of hydrogen-bond donors (Lipinski definition) is 1. The second kappa shape index (κ2) is 8.97. The average molecular weight is 409 g/mol. The van der Waals surface area contributed by atoms with Crippen LogP contribution in [0.15, 0.2) is 53.1 Å². The molecule has 152 valence electrons. The first-order chi connectivity index (χ1) is 14.2. The molecule has 0 spiro atoms. The monoisotopic (exact) mass is 408 g/mol. The maximum absolute atomic E-state index is 12.7. The SMILES string of the molecule is CCc1cc([C@@H](c2ccc(C)cc2)N2CCCCC2)c(NC(=O)c2ccco2)s1. The van der Waals surface area contributed by atoms with Crippen LogP contribution < -0.4 is 5.32 Å². The van der Waals surface area contributed by atoms with Crippen LogP contribution in [0.5, 0.6) is 0 Å². The number of nitrogens with zero attached hydrogens (tertiary/aromatic N) is 1. The van der Waals surface area contributed by atoms with E-state index >= 15 is 0 Å². The maximum Gasteiger partial charge on any atom is 0.291 e. The molecule has 29 heavy (non-hydrogen) atoms. The lowest BCUT2D eigenvalue weighted by Crippen LogP contribution is -2.34. The molecule has 5 heteroatoms. The topological polar surface area (TPSA) is 45.5 Å². The van der Waals surface area contributed by atoms with Crippen molar-refractivity contribution in [1.82, 2.24) is 4.90 Å². The molecule has 1 aromatic carbocycles. The highest BCUT2D eigenvalue weighted by atomic mass is 32.1. The normalized spacial score (nSPS) is 15.9. The number of thiophene rings is 1. The molecule has 0 unspecified atom stereocenters. The van der Waals surface area contributed by atoms with Gasteiger partial charge in [-0.05, 0) is 63.0 Å². The van der Waals surface area contributed by atoms with Crippen LogP contribution in [0.4, 0.5) is 5.00 Å². The number of rotatable bonds is 6. The van der Waals surface area contributed by atoms with Crippen LogP contribution in [0.25, 0.3) is 0 Å². The summed E-state index contributed by atoms with van der Waals surface area (Å²) in [5, 5.41) is 4.06. The first-order valence-corrected chi connectivity index (χ1v) is 11.3. The van der Waals surface area contributed by atoms with Crippen LogP contribution in [0, 0.1) is 6.92 Å². The molecule has 0 saturated carbocycles. The number of benzene rings is 1. The summed E-state index contributed by atoms with van der Waals surface area (Å²) in [6.45, 7) is 6.45. The first-order valence-electron chi connectivity index (χ1n) is 10.4. The molecule has 1 N–H and O–H groups in total. The minimum atomic E-state index is -0.193. The summed E-state index contributed by atoms with van der Waals surface area (Å²) in [6.07, 6.45) is 6.23. The number of carbonyl (C=O) groups is 1. The van der Waals surface area contributed by atoms with E-state index in [0.717, 1.165) is 24.5 Å². The molecular formula is C24H28N2O2S. The summed E-state index contributed by atoms with van der Waals surface area (Å²) in [4.78, 5) is 16.5. The zero-order valence-corrected chi connectivity index (χ0v) is 17.9. The van der Waals surface area contributed by atoms with E-state index in [0.29, 0.717) is 5.76 Å². The van der Waals surface area contributed by atoms with Gasteiger partial charge >= 0.3 is 0 Å². The summed E-state index contributed by atoms with van der Waals surface area (Å²) >= 11 is 1.67. The van der Waals surface area contributed by atoms with Crippen molar-refractivity contribution < 1.29 is 9.21 Å². The van der Waals surface area contributed by atoms with Crippen LogP contribution in [-0.2, 0) is 6.42 Å². The van der Waals surface area contributed by atoms with Gasteiger partial charge in [-0.15, -0.1) is 11.3 Å². The van der Waals surface area contributed by atoms with Gasteiger partial charge in [-0.2, -0.15) is 0 Å². The molecular weight excluding hydrogens is 380 g/mol. The second-order valence-corrected chi connectivity index (χ2v) is 8.83. The fourth-order valence-corrected chi connectivity index (χ4v) is 5.04. The average Bonchev–Trinajstić information content (AvgIpc) is 3.41. The number of carbonyl (C=O) groups excluding carboxylic acids is 1. The van der Waals surface area contributed by atoms with E-state index in [4.69, 9.17) is 4.42 Å². The Labute approximate surface area is 176 Å². The smallest absolute Gasteiger partial charge is 0.291 e. The van der Waals surface area contributed by atoms with E-state index in [9.17, 15) is 4.79 Å². The number of aryl methyl sites for hydroxylation is 2. The fraction of sp³-hybridized carbons (Fsp3) is 0.375. The van der Waals surface area contributed by atoms with Crippen molar-refractivity contribution in [3.05, 3.63) is 76.1 Å². The summed E-state index contributed by atoms with van der Waals surface area (Å²) in [5.74, 6) is 0.148. The Morgan fingerprint density at radius 3 is 2.59 bits per heavy atom. The first kappa shape index (κ1) is 19.9. The molecule has 3 aromatic rings. The van der Waals surface area contributed by atoms with Gasteiger partial charge in [0, 0.05) is 10.4 Å². The lowest BCUT2D eigenvalue weighted by atomic mass is 9.95. The Bertz CT molecular complexity index is 938. The molecule has 0 bridgehead atoms. The molecule has 3 heterocycles. The number of furan rings is 1. The lowest BCUT2D eigenvalue weighted by Gasteiger charge is -2.35. The zero-order valence-electron chi connectivity index (χ0n) is 17.1. The lowest BCUT2D eigenvalue weighted by molar-refractivity contribution is 0.0996. The minimum Gasteiger partial charge on any atom is -0.459 e. The van der Waals surface area contributed by atoms with Gasteiger partial charge in [0.2, 0.25) is 0 Å². The van der Waals surface area contributed by atoms with E-state index < -0.39 is 0 Å². The second-order valence-electron chi connectivity index (χ2n) is 7.69. The number of likely N-dealkylation sites (tertiary alicyclic amines) is 1. The van der Waals surface area contributed by atoms with Crippen LogP contribution in [-0.4, -0.2) is 23.9 Å². The van der Waals surface area contributed by atoms with Gasteiger partial charge in [0.15, 0.2) is 5.76 Å². The van der Waals surface area contributed by atoms with E-state index in [1.54, 1.807) is 23.5 Å². The van der Waals surface area contributed by atoms with Crippen LogP contribution in [0.2, 0.25) is 0 Å². The maximum atomic E-state index is 12.7. The molecule has 0 aliphatic carbocycles. The Balaban J connectivity index is 1.73. The largest absolute Gasteiger partial charge is 0.459 e. The molecule has 1 amide bonds. The van der Waals surface area contributed by atoms with Crippen LogP contribution in [0.3, 0.4) is 0 Å². The predicted octanol–water partition coefficient (Wildman–Crippen LogP) is 6.04. The third-order valence-electron chi connectivity index (χ3n) is 5.58. The van der Waals surface area contributed by atoms with Crippen LogP contribution >= 0.6 is 11.3 Å². The number of piperidine rings is 1. The summed E-state index contributed by atoms with van der Waals surface area (Å²) in [6, 6.07) is 14.7. The molecule has 1 fully saturated rings. The van der Waals surface area contributed by atoms with Gasteiger partial charge < -0.3 is 9.73 Å². The van der Waals surface area contributed by atoms with Crippen molar-refractivity contribution in [1.29, 1.82) is 0 Å². The van der Waals surface area contributed by atoms with Crippen molar-refractivity contribution in [3.63, 3.8) is 0 Å². The molecule has 1 aliphatic rings. The van der Waals surface area contributed by atoms with Crippen molar-refractivity contribution in [3.8, 4) is 0 Å². The Morgan fingerprint density at radius 1 is 1.17 bits per heavy atom.